The fraction of sp³-hybridized carbons (Fsp3) is 0.528. The number of amides is 13. The van der Waals surface area contributed by atoms with E-state index in [0.29, 0.717) is 29.3 Å². The molecule has 2 aromatic carbocycles. The third kappa shape index (κ3) is 34.3. The molecule has 0 saturated heterocycles. The molecule has 116 heavy (non-hydrogen) atoms. The number of para-hydroxylation sites is 2. The Kier molecular flexibility index (Phi) is 41.7. The van der Waals surface area contributed by atoms with Crippen LogP contribution >= 0.6 is 0 Å². The zero-order valence-electron chi connectivity index (χ0n) is 64.1. The van der Waals surface area contributed by atoms with Gasteiger partial charge in [0, 0.05) is 47.6 Å². The molecular formula is C72H103N17O27. The van der Waals surface area contributed by atoms with E-state index in [1.54, 1.807) is 30.5 Å². The number of rotatable bonds is 55. The number of fused-ring (bicyclic) bond motifs is 1. The lowest BCUT2D eigenvalue weighted by Crippen LogP contribution is -2.62. The number of aliphatic carboxylic acids is 5. The maximum absolute atomic E-state index is 14.8. The highest BCUT2D eigenvalue weighted by atomic mass is 16.5. The van der Waals surface area contributed by atoms with E-state index in [1.165, 1.54) is 24.3 Å². The number of esters is 1. The van der Waals surface area contributed by atoms with E-state index in [-0.39, 0.29) is 37.1 Å². The molecule has 0 radical (unpaired) electrons. The zero-order chi connectivity index (χ0) is 87.1. The topological polar surface area (TPSA) is 736 Å². The summed E-state index contributed by atoms with van der Waals surface area (Å²) in [7, 11) is 0. The number of aliphatic hydroxyl groups excluding tert-OH is 1. The van der Waals surface area contributed by atoms with Crippen molar-refractivity contribution in [2.75, 3.05) is 32.0 Å². The van der Waals surface area contributed by atoms with Crippen LogP contribution in [-0.4, -0.2) is 253 Å². The highest BCUT2D eigenvalue weighted by Gasteiger charge is 2.41. The molecule has 13 amide bonds. The molecule has 44 heteroatoms. The van der Waals surface area contributed by atoms with Gasteiger partial charge >= 0.3 is 35.8 Å². The van der Waals surface area contributed by atoms with Crippen LogP contribution in [0, 0.1) is 5.92 Å². The van der Waals surface area contributed by atoms with Crippen molar-refractivity contribution in [2.24, 2.45) is 23.1 Å². The number of ether oxygens (including phenoxy) is 1. The van der Waals surface area contributed by atoms with Crippen LogP contribution in [0.15, 0.2) is 54.7 Å². The summed E-state index contributed by atoms with van der Waals surface area (Å²) in [6, 6.07) is -10.0. The molecule has 13 atom stereocenters. The first-order valence-electron chi connectivity index (χ1n) is 36.9. The summed E-state index contributed by atoms with van der Waals surface area (Å²) in [6.07, 6.45) is -2.25. The second-order valence-corrected chi connectivity index (χ2v) is 27.1. The number of anilines is 1. The molecule has 1 aromatic heterocycles. The summed E-state index contributed by atoms with van der Waals surface area (Å²) in [5.74, 6) is -29.3. The maximum Gasteiger partial charge on any atom is 0.329 e. The Morgan fingerprint density at radius 2 is 0.957 bits per heavy atom. The minimum Gasteiger partial charge on any atom is -0.481 e. The van der Waals surface area contributed by atoms with E-state index < -0.39 is 262 Å². The number of benzene rings is 2. The van der Waals surface area contributed by atoms with Crippen molar-refractivity contribution in [3.05, 3.63) is 65.9 Å². The standard InChI is InChI=1S/C72H103N17O27/c1-5-6-7-8-9-10-11-22-53(93)81-44(25-38-32-77-42-20-15-13-17-39(38)42)65(107)83-45(27-52(76)92)66(108)85-47(29-58(100)101)67(109)89-61(69(111)78-33-55(95)80-43(21-16-23-73)63(105)84-46(28-57(98)99)64(106)79-36(3)62(104)86-48(71(113)114)30-59(102)103)37(4)116-72(115)49(26-51(91)40-18-12-14-19-41(40)75)87-70(112)60(35(2)24-56(96)97)88-68(110)50(34-90)82-54(94)31-74/h12-15,17-20,32,35-37,43-50,60-61,77,90H,5-11,16,21-31,33-34,73-75H2,1-4H3,(H2,76,92)(H,78,111)(H,79,106)(H,80,95)(H,81,93)(H,82,94)(H,83,107)(H,84,105)(H,85,108)(H,86,104)(H,87,112)(H,88,110)(H,89,109)(H,96,97)(H,98,99)(H,100,101)(H,102,103)(H,113,114)/t35-,36+,37-,43+,44+,45-,46+,47+,48+,49+,50-,60+,61+/m1/s1. The molecule has 0 saturated carbocycles. The van der Waals surface area contributed by atoms with E-state index in [9.17, 15) is 121 Å². The first-order chi connectivity index (χ1) is 54.7. The predicted molar refractivity (Wildman–Crippen MR) is 404 cm³/mol. The molecule has 0 unspecified atom stereocenters. The lowest BCUT2D eigenvalue weighted by atomic mass is 9.96. The zero-order valence-corrected chi connectivity index (χ0v) is 64.1. The van der Waals surface area contributed by atoms with Crippen LogP contribution in [0.4, 0.5) is 5.69 Å². The van der Waals surface area contributed by atoms with Crippen LogP contribution in [0.1, 0.15) is 146 Å². The van der Waals surface area contributed by atoms with Gasteiger partial charge in [-0.25, -0.2) is 9.59 Å². The smallest absolute Gasteiger partial charge is 0.329 e. The monoisotopic (exact) mass is 1640 g/mol. The van der Waals surface area contributed by atoms with E-state index in [2.05, 4.69) is 70.4 Å². The number of carbonyl (C=O) groups excluding carboxylic acids is 15. The number of hydrogen-bond acceptors (Lipinski definition) is 25. The summed E-state index contributed by atoms with van der Waals surface area (Å²) < 4.78 is 5.67. The van der Waals surface area contributed by atoms with Gasteiger partial charge in [0.2, 0.25) is 76.8 Å². The number of primary amides is 1. The first-order valence-corrected chi connectivity index (χ1v) is 36.9. The fourth-order valence-corrected chi connectivity index (χ4v) is 11.4. The number of aromatic nitrogens is 1. The molecule has 0 fully saturated rings. The van der Waals surface area contributed by atoms with Gasteiger partial charge in [0.1, 0.15) is 72.6 Å². The number of unbranched alkanes of at least 4 members (excludes halogenated alkanes) is 6. The number of Topliss-reactive ketones (excluding diaryl/α,β-unsaturated/α-hetero) is 1. The largest absolute Gasteiger partial charge is 0.481 e. The number of carbonyl (C=O) groups is 20. The van der Waals surface area contributed by atoms with Gasteiger partial charge < -0.3 is 127 Å². The van der Waals surface area contributed by atoms with Gasteiger partial charge in [-0.2, -0.15) is 0 Å². The second kappa shape index (κ2) is 49.7. The molecule has 0 spiro atoms. The molecular weight excluding hydrogens is 1530 g/mol. The van der Waals surface area contributed by atoms with Crippen molar-refractivity contribution in [1.82, 2.24) is 68.8 Å². The van der Waals surface area contributed by atoms with Crippen LogP contribution in [0.3, 0.4) is 0 Å². The highest BCUT2D eigenvalue weighted by Crippen LogP contribution is 2.21. The van der Waals surface area contributed by atoms with Gasteiger partial charge in [-0.15, -0.1) is 0 Å². The van der Waals surface area contributed by atoms with Crippen molar-refractivity contribution >= 4 is 135 Å². The Hall–Kier alpha value is -12.7. The number of aromatic amines is 1. The van der Waals surface area contributed by atoms with E-state index >= 15 is 0 Å². The molecule has 0 aliphatic carbocycles. The number of carboxylic acid groups (broad SMARTS) is 5. The minimum atomic E-state index is -2.47. The minimum absolute atomic E-state index is 0.0252. The summed E-state index contributed by atoms with van der Waals surface area (Å²) in [5, 5.41) is 84.7. The van der Waals surface area contributed by atoms with E-state index in [1.807, 2.05) is 5.32 Å². The van der Waals surface area contributed by atoms with Crippen molar-refractivity contribution in [2.45, 2.75) is 209 Å². The Bertz CT molecular complexity index is 4020. The third-order valence-corrected chi connectivity index (χ3v) is 17.6. The van der Waals surface area contributed by atoms with Gasteiger partial charge in [-0.3, -0.25) is 86.3 Å². The van der Waals surface area contributed by atoms with Crippen LogP contribution in [0.25, 0.3) is 10.9 Å². The molecule has 3 rings (SSSR count). The van der Waals surface area contributed by atoms with Crippen molar-refractivity contribution in [3.63, 3.8) is 0 Å². The fourth-order valence-electron chi connectivity index (χ4n) is 11.4. The molecule has 1 heterocycles. The van der Waals surface area contributed by atoms with Crippen molar-refractivity contribution in [1.29, 1.82) is 0 Å². The van der Waals surface area contributed by atoms with Crippen LogP contribution in [-0.2, 0) is 102 Å². The number of hydrogen-bond donors (Lipinski definition) is 23. The summed E-state index contributed by atoms with van der Waals surface area (Å²) >= 11 is 0. The van der Waals surface area contributed by atoms with Crippen LogP contribution in [0.2, 0.25) is 0 Å². The average Bonchev–Trinajstić information content (AvgIpc) is 1.63. The van der Waals surface area contributed by atoms with Crippen molar-refractivity contribution < 1.29 is 131 Å². The second-order valence-electron chi connectivity index (χ2n) is 27.1. The normalized spacial score (nSPS) is 14.3. The molecule has 44 nitrogen and oxygen atoms in total. The van der Waals surface area contributed by atoms with Gasteiger partial charge in [0.25, 0.3) is 0 Å². The SMILES string of the molecule is CCCCCCCCCC(=O)N[C@@H](Cc1c[nH]c2ccccc12)C(=O)N[C@H](CC(N)=O)C(=O)N[C@@H](CC(=O)O)C(=O)N[C@H](C(=O)NCC(=O)N[C@@H](CCCN)C(=O)N[C@@H](CC(=O)O)C(=O)N[C@@H](C)C(=O)N[C@@H](CC(=O)O)C(=O)O)[C@@H](C)OC(=O)[C@H](CC(=O)c1ccccc1N)NC(=O)[C@@H](NC(=O)[C@@H](CO)NC(=O)CN)[C@H](C)CC(=O)O. The molecule has 0 aliphatic heterocycles. The van der Waals surface area contributed by atoms with Crippen molar-refractivity contribution in [3.8, 4) is 0 Å². The molecule has 27 N–H and O–H groups in total. The number of carboxylic acids is 5. The lowest BCUT2D eigenvalue weighted by Gasteiger charge is -2.30. The quantitative estimate of drug-likeness (QED) is 0.0108. The number of nitrogen functional groups attached to an aromatic ring is 1. The summed E-state index contributed by atoms with van der Waals surface area (Å²) in [4.78, 5) is 270. The summed E-state index contributed by atoms with van der Waals surface area (Å²) in [5.41, 5.74) is 23.4. The molecule has 3 aromatic rings. The Morgan fingerprint density at radius 1 is 0.466 bits per heavy atom. The number of aliphatic hydroxyl groups is 1. The van der Waals surface area contributed by atoms with E-state index in [4.69, 9.17) is 32.8 Å². The molecule has 0 aliphatic rings. The predicted octanol–water partition coefficient (Wildman–Crippen LogP) is -5.71. The lowest BCUT2D eigenvalue weighted by molar-refractivity contribution is -0.156. The van der Waals surface area contributed by atoms with Gasteiger partial charge in [-0.1, -0.05) is 82.7 Å². The number of ketones is 1. The molecule has 638 valence electrons. The van der Waals surface area contributed by atoms with Crippen LogP contribution in [0.5, 0.6) is 0 Å². The Balaban J connectivity index is 2.19. The third-order valence-electron chi connectivity index (χ3n) is 17.6. The van der Waals surface area contributed by atoms with E-state index in [0.717, 1.165) is 52.9 Å². The number of nitrogens with two attached hydrogens (primary N) is 4. The maximum atomic E-state index is 14.8. The van der Waals surface area contributed by atoms with Gasteiger partial charge in [-0.05, 0) is 69.3 Å². The number of H-pyrrole nitrogens is 1. The first kappa shape index (κ1) is 97.5. The average molecular weight is 1640 g/mol. The molecule has 0 bridgehead atoms. The summed E-state index contributed by atoms with van der Waals surface area (Å²) in [6.45, 7) is 1.79. The van der Waals surface area contributed by atoms with Crippen LogP contribution < -0.4 is 86.7 Å². The van der Waals surface area contributed by atoms with Gasteiger partial charge in [0.05, 0.1) is 51.8 Å². The van der Waals surface area contributed by atoms with Gasteiger partial charge in [0.15, 0.2) is 5.78 Å². The number of nitrogens with one attached hydrogen (secondary N) is 13. The highest BCUT2D eigenvalue weighted by molar-refractivity contribution is 6.05. The Labute approximate surface area is 663 Å². The Morgan fingerprint density at radius 3 is 1.53 bits per heavy atom.